The van der Waals surface area contributed by atoms with Crippen LogP contribution in [0.15, 0.2) is 36.4 Å². The molecule has 0 saturated carbocycles. The fourth-order valence-electron chi connectivity index (χ4n) is 2.26. The minimum Gasteiger partial charge on any atom is -0.405 e. The first-order valence-electron chi connectivity index (χ1n) is 6.23. The van der Waals surface area contributed by atoms with Gasteiger partial charge in [-0.25, -0.2) is 0 Å². The first-order valence-corrected chi connectivity index (χ1v) is 6.23. The lowest BCUT2D eigenvalue weighted by atomic mass is 9.96. The smallest absolute Gasteiger partial charge is 0.405 e. The molecule has 0 N–H and O–H groups in total. The molecule has 0 aromatic heterocycles. The molecule has 0 fully saturated rings. The summed E-state index contributed by atoms with van der Waals surface area (Å²) in [5.74, 6) is -0.492. The molecule has 0 heterocycles. The average Bonchev–Trinajstić information content (AvgIpc) is 2.35. The average molecular weight is 294 g/mol. The van der Waals surface area contributed by atoms with E-state index in [1.807, 2.05) is 32.0 Å². The first-order chi connectivity index (χ1) is 9.80. The second kappa shape index (κ2) is 5.60. The van der Waals surface area contributed by atoms with Gasteiger partial charge in [0, 0.05) is 0 Å². The molecule has 0 amide bonds. The zero-order chi connectivity index (χ0) is 15.6. The number of aldehydes is 1. The number of rotatable bonds is 3. The highest BCUT2D eigenvalue weighted by atomic mass is 19.4. The Balaban J connectivity index is 2.59. The Hall–Kier alpha value is -2.30. The topological polar surface area (TPSA) is 26.3 Å². The molecular weight excluding hydrogens is 281 g/mol. The van der Waals surface area contributed by atoms with Crippen LogP contribution >= 0.6 is 0 Å². The van der Waals surface area contributed by atoms with Crippen molar-refractivity contribution in [1.82, 2.24) is 0 Å². The van der Waals surface area contributed by atoms with E-state index in [-0.39, 0.29) is 5.56 Å². The van der Waals surface area contributed by atoms with E-state index in [9.17, 15) is 18.0 Å². The van der Waals surface area contributed by atoms with Gasteiger partial charge in [0.15, 0.2) is 6.29 Å². The van der Waals surface area contributed by atoms with Crippen molar-refractivity contribution in [3.05, 3.63) is 53.1 Å². The lowest BCUT2D eigenvalue weighted by Crippen LogP contribution is -2.18. The van der Waals surface area contributed by atoms with Gasteiger partial charge >= 0.3 is 6.36 Å². The summed E-state index contributed by atoms with van der Waals surface area (Å²) in [4.78, 5) is 11.2. The fourth-order valence-corrected chi connectivity index (χ4v) is 2.26. The van der Waals surface area contributed by atoms with Gasteiger partial charge in [-0.05, 0) is 31.0 Å². The molecule has 2 aromatic rings. The van der Waals surface area contributed by atoms with Gasteiger partial charge in [0.1, 0.15) is 5.75 Å². The normalized spacial score (nSPS) is 11.3. The van der Waals surface area contributed by atoms with E-state index < -0.39 is 12.1 Å². The highest BCUT2D eigenvalue weighted by molar-refractivity contribution is 5.91. The van der Waals surface area contributed by atoms with Crippen molar-refractivity contribution in [1.29, 1.82) is 0 Å². The van der Waals surface area contributed by atoms with Gasteiger partial charge in [0.25, 0.3) is 0 Å². The monoisotopic (exact) mass is 294 g/mol. The third-order valence-electron chi connectivity index (χ3n) is 2.94. The van der Waals surface area contributed by atoms with Crippen molar-refractivity contribution in [2.75, 3.05) is 0 Å². The van der Waals surface area contributed by atoms with E-state index in [1.165, 1.54) is 6.07 Å². The molecule has 2 aromatic carbocycles. The molecule has 2 rings (SSSR count). The SMILES string of the molecule is Cc1cc(C)cc(-c2cccc(OC(F)(F)F)c2C=O)c1. The molecule has 0 atom stereocenters. The quantitative estimate of drug-likeness (QED) is 0.768. The largest absolute Gasteiger partial charge is 0.573 e. The second-order valence-corrected chi connectivity index (χ2v) is 4.76. The summed E-state index contributed by atoms with van der Waals surface area (Å²) >= 11 is 0. The first kappa shape index (κ1) is 15.1. The maximum Gasteiger partial charge on any atom is 0.573 e. The van der Waals surface area contributed by atoms with Gasteiger partial charge in [-0.15, -0.1) is 13.2 Å². The lowest BCUT2D eigenvalue weighted by molar-refractivity contribution is -0.274. The predicted molar refractivity (Wildman–Crippen MR) is 73.4 cm³/mol. The van der Waals surface area contributed by atoms with Gasteiger partial charge in [-0.1, -0.05) is 41.5 Å². The third-order valence-corrected chi connectivity index (χ3v) is 2.94. The Morgan fingerprint density at radius 1 is 1.05 bits per heavy atom. The highest BCUT2D eigenvalue weighted by Crippen LogP contribution is 2.33. The maximum atomic E-state index is 12.4. The van der Waals surface area contributed by atoms with Crippen molar-refractivity contribution in [2.45, 2.75) is 20.2 Å². The van der Waals surface area contributed by atoms with E-state index >= 15 is 0 Å². The van der Waals surface area contributed by atoms with Crippen LogP contribution in [0.4, 0.5) is 13.2 Å². The standard InChI is InChI=1S/C16H13F3O2/c1-10-6-11(2)8-12(7-10)13-4-3-5-15(14(13)9-20)21-16(17,18)19/h3-9H,1-2H3. The van der Waals surface area contributed by atoms with Crippen LogP contribution in [0.3, 0.4) is 0 Å². The lowest BCUT2D eigenvalue weighted by Gasteiger charge is -2.14. The summed E-state index contributed by atoms with van der Waals surface area (Å²) in [6.07, 6.45) is -4.45. The number of alkyl halides is 3. The van der Waals surface area contributed by atoms with Crippen LogP contribution < -0.4 is 4.74 Å². The van der Waals surface area contributed by atoms with E-state index in [2.05, 4.69) is 4.74 Å². The van der Waals surface area contributed by atoms with Crippen LogP contribution in [0.25, 0.3) is 11.1 Å². The molecule has 110 valence electrons. The van der Waals surface area contributed by atoms with Crippen LogP contribution in [0.2, 0.25) is 0 Å². The molecule has 0 unspecified atom stereocenters. The van der Waals surface area contributed by atoms with Crippen molar-refractivity contribution in [3.8, 4) is 16.9 Å². The summed E-state index contributed by atoms with van der Waals surface area (Å²) in [5, 5.41) is 0. The van der Waals surface area contributed by atoms with Crippen LogP contribution in [-0.4, -0.2) is 12.6 Å². The van der Waals surface area contributed by atoms with Crippen LogP contribution in [-0.2, 0) is 0 Å². The summed E-state index contributed by atoms with van der Waals surface area (Å²) in [6.45, 7) is 3.76. The molecule has 2 nitrogen and oxygen atoms in total. The minimum absolute atomic E-state index is 0.111. The minimum atomic E-state index is -4.83. The zero-order valence-corrected chi connectivity index (χ0v) is 11.5. The highest BCUT2D eigenvalue weighted by Gasteiger charge is 2.32. The number of halogens is 3. The van der Waals surface area contributed by atoms with Crippen molar-refractivity contribution in [2.24, 2.45) is 0 Å². The molecule has 0 spiro atoms. The number of hydrogen-bond acceptors (Lipinski definition) is 2. The molecule has 0 bridgehead atoms. The molecule has 21 heavy (non-hydrogen) atoms. The number of ether oxygens (including phenoxy) is 1. The van der Waals surface area contributed by atoms with Crippen molar-refractivity contribution >= 4 is 6.29 Å². The van der Waals surface area contributed by atoms with Crippen molar-refractivity contribution in [3.63, 3.8) is 0 Å². The summed E-state index contributed by atoms with van der Waals surface area (Å²) in [5.41, 5.74) is 2.91. The summed E-state index contributed by atoms with van der Waals surface area (Å²) in [7, 11) is 0. The number of carbonyl (C=O) groups excluding carboxylic acids is 1. The molecular formula is C16H13F3O2. The zero-order valence-electron chi connectivity index (χ0n) is 11.5. The number of hydrogen-bond donors (Lipinski definition) is 0. The van der Waals surface area contributed by atoms with E-state index in [0.717, 1.165) is 17.2 Å². The van der Waals surface area contributed by atoms with Crippen LogP contribution in [0.1, 0.15) is 21.5 Å². The molecule has 0 aliphatic carbocycles. The molecule has 0 saturated heterocycles. The van der Waals surface area contributed by atoms with Gasteiger partial charge in [0.05, 0.1) is 5.56 Å². The number of aryl methyl sites for hydroxylation is 2. The fraction of sp³-hybridized carbons (Fsp3) is 0.188. The Morgan fingerprint density at radius 2 is 1.67 bits per heavy atom. The molecule has 0 radical (unpaired) electrons. The Kier molecular flexibility index (Phi) is 4.02. The Morgan fingerprint density at radius 3 is 2.19 bits per heavy atom. The van der Waals surface area contributed by atoms with E-state index in [4.69, 9.17) is 0 Å². The third kappa shape index (κ3) is 3.62. The van der Waals surface area contributed by atoms with Crippen LogP contribution in [0, 0.1) is 13.8 Å². The van der Waals surface area contributed by atoms with Gasteiger partial charge < -0.3 is 4.74 Å². The van der Waals surface area contributed by atoms with Gasteiger partial charge in [0.2, 0.25) is 0 Å². The van der Waals surface area contributed by atoms with E-state index in [0.29, 0.717) is 17.4 Å². The van der Waals surface area contributed by atoms with Crippen molar-refractivity contribution < 1.29 is 22.7 Å². The second-order valence-electron chi connectivity index (χ2n) is 4.76. The maximum absolute atomic E-state index is 12.4. The predicted octanol–water partition coefficient (Wildman–Crippen LogP) is 4.68. The number of carbonyl (C=O) groups is 1. The Labute approximate surface area is 120 Å². The van der Waals surface area contributed by atoms with Gasteiger partial charge in [-0.2, -0.15) is 0 Å². The number of benzene rings is 2. The summed E-state index contributed by atoms with van der Waals surface area (Å²) < 4.78 is 41.1. The van der Waals surface area contributed by atoms with Gasteiger partial charge in [-0.3, -0.25) is 4.79 Å². The van der Waals surface area contributed by atoms with Crippen LogP contribution in [0.5, 0.6) is 5.75 Å². The molecule has 0 aliphatic heterocycles. The Bertz CT molecular complexity index is 655. The van der Waals surface area contributed by atoms with E-state index in [1.54, 1.807) is 6.07 Å². The summed E-state index contributed by atoms with van der Waals surface area (Å²) in [6, 6.07) is 9.73. The molecule has 5 heteroatoms. The molecule has 0 aliphatic rings.